The van der Waals surface area contributed by atoms with E-state index in [4.69, 9.17) is 5.11 Å². The molecule has 2 rings (SSSR count). The summed E-state index contributed by atoms with van der Waals surface area (Å²) in [4.78, 5) is 22.6. The average molecular weight is 326 g/mol. The van der Waals surface area contributed by atoms with Crippen molar-refractivity contribution < 1.29 is 14.7 Å². The predicted octanol–water partition coefficient (Wildman–Crippen LogP) is 3.04. The molecule has 2 amide bonds. The van der Waals surface area contributed by atoms with Gasteiger partial charge in [0.2, 0.25) is 0 Å². The number of urea groups is 1. The molecule has 0 spiro atoms. The summed E-state index contributed by atoms with van der Waals surface area (Å²) in [5.41, 5.74) is 4.82. The molecule has 0 unspecified atom stereocenters. The summed E-state index contributed by atoms with van der Waals surface area (Å²) < 4.78 is 0. The third kappa shape index (κ3) is 4.84. The summed E-state index contributed by atoms with van der Waals surface area (Å²) in [7, 11) is 0. The lowest BCUT2D eigenvalue weighted by atomic mass is 10.0. The fourth-order valence-corrected chi connectivity index (χ4v) is 2.55. The number of hydrogen-bond acceptors (Lipinski definition) is 2. The third-order valence-electron chi connectivity index (χ3n) is 3.96. The van der Waals surface area contributed by atoms with Gasteiger partial charge in [-0.15, -0.1) is 0 Å². The molecular formula is C19H22N2O3. The van der Waals surface area contributed by atoms with Crippen molar-refractivity contribution in [3.05, 3.63) is 70.3 Å². The van der Waals surface area contributed by atoms with Crippen LogP contribution in [-0.4, -0.2) is 23.7 Å². The van der Waals surface area contributed by atoms with E-state index in [0.717, 1.165) is 12.0 Å². The van der Waals surface area contributed by atoms with Gasteiger partial charge in [-0.25, -0.2) is 9.59 Å². The maximum Gasteiger partial charge on any atom is 0.335 e. The van der Waals surface area contributed by atoms with Gasteiger partial charge in [0, 0.05) is 13.1 Å². The standard InChI is InChI=1S/C19H22N2O3/c1-13-4-3-5-14(2)17(13)10-11-20-19(24)21-12-15-6-8-16(9-7-15)18(22)23/h3-9H,10-12H2,1-2H3,(H,22,23)(H2,20,21,24). The molecular weight excluding hydrogens is 304 g/mol. The van der Waals surface area contributed by atoms with Crippen molar-refractivity contribution in [2.45, 2.75) is 26.8 Å². The molecule has 0 heterocycles. The van der Waals surface area contributed by atoms with Crippen LogP contribution in [0.15, 0.2) is 42.5 Å². The highest BCUT2D eigenvalue weighted by atomic mass is 16.4. The van der Waals surface area contributed by atoms with Crippen LogP contribution in [-0.2, 0) is 13.0 Å². The van der Waals surface area contributed by atoms with Crippen molar-refractivity contribution in [2.75, 3.05) is 6.54 Å². The van der Waals surface area contributed by atoms with E-state index in [1.165, 1.54) is 28.8 Å². The topological polar surface area (TPSA) is 78.4 Å². The molecule has 0 saturated heterocycles. The Kier molecular flexibility index (Phi) is 5.95. The zero-order chi connectivity index (χ0) is 17.5. The van der Waals surface area contributed by atoms with E-state index in [1.54, 1.807) is 12.1 Å². The molecule has 24 heavy (non-hydrogen) atoms. The van der Waals surface area contributed by atoms with Gasteiger partial charge in [-0.3, -0.25) is 0 Å². The Balaban J connectivity index is 1.76. The zero-order valence-electron chi connectivity index (χ0n) is 13.9. The van der Waals surface area contributed by atoms with Crippen LogP contribution in [0.1, 0.15) is 32.6 Å². The zero-order valence-corrected chi connectivity index (χ0v) is 13.9. The molecule has 2 aromatic carbocycles. The maximum atomic E-state index is 11.8. The van der Waals surface area contributed by atoms with Crippen LogP contribution in [0, 0.1) is 13.8 Å². The molecule has 0 aliphatic carbocycles. The molecule has 0 aliphatic rings. The first-order valence-electron chi connectivity index (χ1n) is 7.86. The Morgan fingerprint density at radius 1 is 0.958 bits per heavy atom. The van der Waals surface area contributed by atoms with E-state index < -0.39 is 5.97 Å². The fourth-order valence-electron chi connectivity index (χ4n) is 2.55. The summed E-state index contributed by atoms with van der Waals surface area (Å²) in [6, 6.07) is 12.4. The van der Waals surface area contributed by atoms with E-state index in [2.05, 4.69) is 36.6 Å². The summed E-state index contributed by atoms with van der Waals surface area (Å²) in [5, 5.41) is 14.5. The van der Waals surface area contributed by atoms with Crippen LogP contribution in [0.2, 0.25) is 0 Å². The number of carbonyl (C=O) groups is 2. The quantitative estimate of drug-likeness (QED) is 0.763. The summed E-state index contributed by atoms with van der Waals surface area (Å²) >= 11 is 0. The van der Waals surface area contributed by atoms with Gasteiger partial charge in [0.05, 0.1) is 5.56 Å². The second-order valence-electron chi connectivity index (χ2n) is 5.73. The molecule has 0 atom stereocenters. The highest BCUT2D eigenvalue weighted by Crippen LogP contribution is 2.13. The van der Waals surface area contributed by atoms with E-state index in [1.807, 2.05) is 6.07 Å². The minimum Gasteiger partial charge on any atom is -0.478 e. The molecule has 5 nitrogen and oxygen atoms in total. The minimum atomic E-state index is -0.959. The first-order chi connectivity index (χ1) is 11.5. The first-order valence-corrected chi connectivity index (χ1v) is 7.86. The van der Waals surface area contributed by atoms with Gasteiger partial charge in [0.25, 0.3) is 0 Å². The number of carboxylic acid groups (broad SMARTS) is 1. The Morgan fingerprint density at radius 3 is 2.17 bits per heavy atom. The SMILES string of the molecule is Cc1cccc(C)c1CCNC(=O)NCc1ccc(C(=O)O)cc1. The predicted molar refractivity (Wildman–Crippen MR) is 93.3 cm³/mol. The highest BCUT2D eigenvalue weighted by molar-refractivity contribution is 5.87. The smallest absolute Gasteiger partial charge is 0.335 e. The number of rotatable bonds is 6. The molecule has 0 saturated carbocycles. The Labute approximate surface area is 141 Å². The van der Waals surface area contributed by atoms with Crippen molar-refractivity contribution in [1.82, 2.24) is 10.6 Å². The van der Waals surface area contributed by atoms with Crippen LogP contribution in [0.4, 0.5) is 4.79 Å². The van der Waals surface area contributed by atoms with Crippen LogP contribution >= 0.6 is 0 Å². The lowest BCUT2D eigenvalue weighted by Gasteiger charge is -2.11. The molecule has 0 bridgehead atoms. The number of nitrogens with one attached hydrogen (secondary N) is 2. The normalized spacial score (nSPS) is 10.2. The molecule has 0 radical (unpaired) electrons. The van der Waals surface area contributed by atoms with E-state index in [9.17, 15) is 9.59 Å². The van der Waals surface area contributed by atoms with Gasteiger partial charge < -0.3 is 15.7 Å². The number of amides is 2. The van der Waals surface area contributed by atoms with Gasteiger partial charge in [-0.2, -0.15) is 0 Å². The summed E-state index contributed by atoms with van der Waals surface area (Å²) in [6.07, 6.45) is 0.791. The second-order valence-corrected chi connectivity index (χ2v) is 5.73. The summed E-state index contributed by atoms with van der Waals surface area (Å²) in [5.74, 6) is -0.959. The maximum absolute atomic E-state index is 11.8. The molecule has 0 fully saturated rings. The largest absolute Gasteiger partial charge is 0.478 e. The van der Waals surface area contributed by atoms with E-state index >= 15 is 0 Å². The number of aryl methyl sites for hydroxylation is 2. The molecule has 5 heteroatoms. The van der Waals surface area contributed by atoms with Gasteiger partial charge in [0.1, 0.15) is 0 Å². The first kappa shape index (κ1) is 17.5. The van der Waals surface area contributed by atoms with Crippen molar-refractivity contribution in [2.24, 2.45) is 0 Å². The van der Waals surface area contributed by atoms with E-state index in [-0.39, 0.29) is 11.6 Å². The highest BCUT2D eigenvalue weighted by Gasteiger charge is 2.05. The summed E-state index contributed by atoms with van der Waals surface area (Å²) in [6.45, 7) is 5.07. The van der Waals surface area contributed by atoms with Gasteiger partial charge in [-0.1, -0.05) is 30.3 Å². The lowest BCUT2D eigenvalue weighted by molar-refractivity contribution is 0.0697. The number of carboxylic acids is 1. The van der Waals surface area contributed by atoms with Crippen LogP contribution < -0.4 is 10.6 Å². The molecule has 126 valence electrons. The molecule has 0 aromatic heterocycles. The van der Waals surface area contributed by atoms with Crippen LogP contribution in [0.25, 0.3) is 0 Å². The van der Waals surface area contributed by atoms with Crippen LogP contribution in [0.5, 0.6) is 0 Å². The van der Waals surface area contributed by atoms with Gasteiger partial charge in [-0.05, 0) is 54.7 Å². The van der Waals surface area contributed by atoms with Crippen molar-refractivity contribution in [1.29, 1.82) is 0 Å². The van der Waals surface area contributed by atoms with Gasteiger partial charge >= 0.3 is 12.0 Å². The second kappa shape index (κ2) is 8.15. The Morgan fingerprint density at radius 2 is 1.58 bits per heavy atom. The third-order valence-corrected chi connectivity index (χ3v) is 3.96. The van der Waals surface area contributed by atoms with Crippen molar-refractivity contribution >= 4 is 12.0 Å². The minimum absolute atomic E-state index is 0.233. The number of aromatic carboxylic acids is 1. The molecule has 3 N–H and O–H groups in total. The molecule has 0 aliphatic heterocycles. The lowest BCUT2D eigenvalue weighted by Crippen LogP contribution is -2.36. The Hall–Kier alpha value is -2.82. The van der Waals surface area contributed by atoms with E-state index in [0.29, 0.717) is 13.1 Å². The number of benzene rings is 2. The average Bonchev–Trinajstić information content (AvgIpc) is 2.56. The van der Waals surface area contributed by atoms with Gasteiger partial charge in [0.15, 0.2) is 0 Å². The number of hydrogen-bond donors (Lipinski definition) is 3. The molecule has 2 aromatic rings. The van der Waals surface area contributed by atoms with Crippen molar-refractivity contribution in [3.63, 3.8) is 0 Å². The van der Waals surface area contributed by atoms with Crippen LogP contribution in [0.3, 0.4) is 0 Å². The number of carbonyl (C=O) groups excluding carboxylic acids is 1. The Bertz CT molecular complexity index is 704. The van der Waals surface area contributed by atoms with Crippen molar-refractivity contribution in [3.8, 4) is 0 Å². The fraction of sp³-hybridized carbons (Fsp3) is 0.263. The monoisotopic (exact) mass is 326 g/mol.